The molecule has 0 aromatic rings. The number of allylic oxidation sites excluding steroid dienone is 3. The van der Waals surface area contributed by atoms with Crippen molar-refractivity contribution in [2.45, 2.75) is 96.7 Å². The van der Waals surface area contributed by atoms with E-state index >= 15 is 0 Å². The van der Waals surface area contributed by atoms with E-state index in [4.69, 9.17) is 4.74 Å². The summed E-state index contributed by atoms with van der Waals surface area (Å²) in [5.74, 6) is 0.690. The van der Waals surface area contributed by atoms with Crippen molar-refractivity contribution in [1.82, 2.24) is 0 Å². The van der Waals surface area contributed by atoms with Gasteiger partial charge in [-0.3, -0.25) is 0 Å². The summed E-state index contributed by atoms with van der Waals surface area (Å²) in [6, 6.07) is 1.30. The van der Waals surface area contributed by atoms with Gasteiger partial charge in [0.25, 0.3) is 0 Å². The first-order chi connectivity index (χ1) is 10.8. The van der Waals surface area contributed by atoms with E-state index in [1.807, 2.05) is 13.2 Å². The van der Waals surface area contributed by atoms with Gasteiger partial charge in [-0.2, -0.15) is 0 Å². The number of hydrogen-bond donors (Lipinski definition) is 1. The number of unbranched alkanes of at least 4 members (excludes halogenated alkanes) is 1. The normalized spacial score (nSPS) is 24.1. The Hall–Kier alpha value is -0.543. The molecule has 0 amide bonds. The van der Waals surface area contributed by atoms with E-state index < -0.39 is 14.2 Å². The molecule has 1 rings (SSSR count). The number of aliphatic hydroxyl groups excluding tert-OH is 1. The van der Waals surface area contributed by atoms with Crippen LogP contribution < -0.4 is 0 Å². The van der Waals surface area contributed by atoms with Crippen molar-refractivity contribution in [3.8, 4) is 0 Å². The maximum Gasteiger partial charge on any atom is 0.120 e. The van der Waals surface area contributed by atoms with Crippen molar-refractivity contribution < 1.29 is 9.84 Å². The third kappa shape index (κ3) is 9.36. The van der Waals surface area contributed by atoms with Crippen LogP contribution in [0.25, 0.3) is 0 Å². The second-order valence-corrected chi connectivity index (χ2v) is 13.9. The highest BCUT2D eigenvalue weighted by molar-refractivity contribution is 6.76. The lowest BCUT2D eigenvalue weighted by molar-refractivity contribution is 0.0298. The molecule has 0 saturated heterocycles. The van der Waals surface area contributed by atoms with Crippen molar-refractivity contribution in [3.05, 3.63) is 24.0 Å². The first kappa shape index (κ1) is 20.5. The Bertz CT molecular complexity index is 380. The molecule has 0 aromatic heterocycles. The molecule has 1 aliphatic rings. The summed E-state index contributed by atoms with van der Waals surface area (Å²) in [7, 11) is -0.924. The zero-order valence-corrected chi connectivity index (χ0v) is 17.0. The standard InChI is InChI=1S/C20H38O2Si/c1-17(21)18(2)22-16-20-14-10-9-13-19(20)12-8-6-7-11-15-23(3,4)5/h7,11,16-19,21H,6,8-10,12-15H2,1-5H3/b11-7+,20-16-. The molecule has 0 bridgehead atoms. The lowest BCUT2D eigenvalue weighted by Gasteiger charge is -2.26. The van der Waals surface area contributed by atoms with Gasteiger partial charge in [0.05, 0.1) is 12.4 Å². The molecule has 1 aliphatic carbocycles. The highest BCUT2D eigenvalue weighted by Gasteiger charge is 2.19. The van der Waals surface area contributed by atoms with Crippen LogP contribution in [-0.4, -0.2) is 25.4 Å². The Morgan fingerprint density at radius 1 is 1.22 bits per heavy atom. The summed E-state index contributed by atoms with van der Waals surface area (Å²) in [6.45, 7) is 11.0. The van der Waals surface area contributed by atoms with Gasteiger partial charge in [0.15, 0.2) is 0 Å². The molecular weight excluding hydrogens is 300 g/mol. The molecule has 1 saturated carbocycles. The summed E-state index contributed by atoms with van der Waals surface area (Å²) >= 11 is 0. The van der Waals surface area contributed by atoms with Crippen LogP contribution in [-0.2, 0) is 4.74 Å². The highest BCUT2D eigenvalue weighted by atomic mass is 28.3. The zero-order chi connectivity index (χ0) is 17.3. The first-order valence-corrected chi connectivity index (χ1v) is 13.2. The summed E-state index contributed by atoms with van der Waals surface area (Å²) < 4.78 is 5.73. The Labute approximate surface area is 145 Å². The van der Waals surface area contributed by atoms with Gasteiger partial charge in [0.1, 0.15) is 6.10 Å². The van der Waals surface area contributed by atoms with Crippen LogP contribution in [0.2, 0.25) is 25.7 Å². The number of ether oxygens (including phenoxy) is 1. The zero-order valence-electron chi connectivity index (χ0n) is 16.0. The van der Waals surface area contributed by atoms with Crippen LogP contribution in [0.15, 0.2) is 24.0 Å². The maximum absolute atomic E-state index is 9.54. The van der Waals surface area contributed by atoms with Crippen molar-refractivity contribution in [1.29, 1.82) is 0 Å². The molecule has 23 heavy (non-hydrogen) atoms. The molecule has 0 radical (unpaired) electrons. The van der Waals surface area contributed by atoms with E-state index in [9.17, 15) is 5.11 Å². The molecule has 2 nitrogen and oxygen atoms in total. The van der Waals surface area contributed by atoms with Gasteiger partial charge in [-0.05, 0) is 69.9 Å². The van der Waals surface area contributed by atoms with Gasteiger partial charge in [0.2, 0.25) is 0 Å². The third-order valence-corrected chi connectivity index (χ3v) is 6.19. The van der Waals surface area contributed by atoms with E-state index in [-0.39, 0.29) is 6.10 Å². The molecule has 3 atom stereocenters. The molecule has 0 aliphatic heterocycles. The van der Waals surface area contributed by atoms with E-state index in [1.165, 1.54) is 56.6 Å². The fourth-order valence-corrected chi connectivity index (χ4v) is 3.81. The maximum atomic E-state index is 9.54. The highest BCUT2D eigenvalue weighted by Crippen LogP contribution is 2.33. The van der Waals surface area contributed by atoms with Crippen LogP contribution in [0.1, 0.15) is 58.8 Å². The Kier molecular flexibility index (Phi) is 9.22. The van der Waals surface area contributed by atoms with Gasteiger partial charge < -0.3 is 9.84 Å². The summed E-state index contributed by atoms with van der Waals surface area (Å²) in [5, 5.41) is 9.54. The second-order valence-electron chi connectivity index (χ2n) is 8.38. The monoisotopic (exact) mass is 338 g/mol. The minimum atomic E-state index is -0.924. The van der Waals surface area contributed by atoms with Gasteiger partial charge in [0, 0.05) is 8.07 Å². The summed E-state index contributed by atoms with van der Waals surface area (Å²) in [6.07, 6.45) is 15.1. The molecule has 1 N–H and O–H groups in total. The molecule has 0 spiro atoms. The molecule has 0 heterocycles. The van der Waals surface area contributed by atoms with Crippen LogP contribution in [0.3, 0.4) is 0 Å². The Morgan fingerprint density at radius 2 is 1.96 bits per heavy atom. The van der Waals surface area contributed by atoms with Crippen molar-refractivity contribution in [3.63, 3.8) is 0 Å². The smallest absolute Gasteiger partial charge is 0.120 e. The van der Waals surface area contributed by atoms with Gasteiger partial charge in [-0.15, -0.1) is 0 Å². The minimum Gasteiger partial charge on any atom is -0.496 e. The van der Waals surface area contributed by atoms with E-state index in [0.717, 1.165) is 0 Å². The SMILES string of the molecule is CC(O)C(C)O/C=C1/CCCCC1CCC/C=C/C[Si](C)(C)C. The molecule has 3 unspecified atom stereocenters. The van der Waals surface area contributed by atoms with Crippen LogP contribution in [0.5, 0.6) is 0 Å². The van der Waals surface area contributed by atoms with Crippen molar-refractivity contribution >= 4 is 8.07 Å². The van der Waals surface area contributed by atoms with E-state index in [1.54, 1.807) is 6.92 Å². The van der Waals surface area contributed by atoms with Crippen LogP contribution >= 0.6 is 0 Å². The molecule has 0 aromatic carbocycles. The van der Waals surface area contributed by atoms with Gasteiger partial charge in [-0.25, -0.2) is 0 Å². The average Bonchev–Trinajstić information content (AvgIpc) is 2.48. The Balaban J connectivity index is 2.36. The van der Waals surface area contributed by atoms with Gasteiger partial charge in [-0.1, -0.05) is 38.2 Å². The second kappa shape index (κ2) is 10.3. The predicted octanol–water partition coefficient (Wildman–Crippen LogP) is 5.91. The minimum absolute atomic E-state index is 0.116. The Morgan fingerprint density at radius 3 is 2.61 bits per heavy atom. The topological polar surface area (TPSA) is 29.5 Å². The quantitative estimate of drug-likeness (QED) is 0.245. The largest absolute Gasteiger partial charge is 0.496 e. The summed E-state index contributed by atoms with van der Waals surface area (Å²) in [5.41, 5.74) is 1.47. The number of rotatable bonds is 9. The molecular formula is C20H38O2Si. The summed E-state index contributed by atoms with van der Waals surface area (Å²) in [4.78, 5) is 0. The lowest BCUT2D eigenvalue weighted by Crippen LogP contribution is -2.21. The fraction of sp³-hybridized carbons (Fsp3) is 0.800. The van der Waals surface area contributed by atoms with Crippen molar-refractivity contribution in [2.75, 3.05) is 0 Å². The average molecular weight is 339 g/mol. The first-order valence-electron chi connectivity index (χ1n) is 9.47. The fourth-order valence-electron chi connectivity index (χ4n) is 2.94. The van der Waals surface area contributed by atoms with Gasteiger partial charge >= 0.3 is 0 Å². The lowest BCUT2D eigenvalue weighted by atomic mass is 9.82. The van der Waals surface area contributed by atoms with E-state index in [2.05, 4.69) is 31.8 Å². The third-order valence-electron chi connectivity index (χ3n) is 4.73. The molecule has 1 fully saturated rings. The van der Waals surface area contributed by atoms with E-state index in [0.29, 0.717) is 5.92 Å². The van der Waals surface area contributed by atoms with Crippen molar-refractivity contribution in [2.24, 2.45) is 5.92 Å². The van der Waals surface area contributed by atoms with Crippen LogP contribution in [0, 0.1) is 5.92 Å². The number of aliphatic hydroxyl groups is 1. The molecule has 134 valence electrons. The van der Waals surface area contributed by atoms with Crippen LogP contribution in [0.4, 0.5) is 0 Å². The molecule has 3 heteroatoms. The number of hydrogen-bond acceptors (Lipinski definition) is 2. The predicted molar refractivity (Wildman–Crippen MR) is 103 cm³/mol.